The highest BCUT2D eigenvalue weighted by atomic mass is 16.2. The number of hydrogen-bond donors (Lipinski definition) is 2. The Balaban J connectivity index is 1.88. The molecule has 1 atom stereocenters. The molecule has 98 valence electrons. The summed E-state index contributed by atoms with van der Waals surface area (Å²) in [7, 11) is 0. The van der Waals surface area contributed by atoms with Crippen LogP contribution in [0.15, 0.2) is 23.1 Å². The molecule has 1 saturated heterocycles. The van der Waals surface area contributed by atoms with Crippen molar-refractivity contribution in [3.05, 3.63) is 34.2 Å². The minimum absolute atomic E-state index is 0.0925. The van der Waals surface area contributed by atoms with E-state index in [1.165, 1.54) is 25.1 Å². The van der Waals surface area contributed by atoms with Gasteiger partial charge in [0.1, 0.15) is 0 Å². The third-order valence-electron chi connectivity index (χ3n) is 3.15. The lowest BCUT2D eigenvalue weighted by molar-refractivity contribution is 0.0931. The summed E-state index contributed by atoms with van der Waals surface area (Å²) in [6.45, 7) is 5.09. The quantitative estimate of drug-likeness (QED) is 0.820. The van der Waals surface area contributed by atoms with Crippen LogP contribution in [0.3, 0.4) is 0 Å². The van der Waals surface area contributed by atoms with Gasteiger partial charge in [-0.1, -0.05) is 0 Å². The summed E-state index contributed by atoms with van der Waals surface area (Å²) >= 11 is 0. The van der Waals surface area contributed by atoms with Crippen molar-refractivity contribution in [1.82, 2.24) is 15.2 Å². The van der Waals surface area contributed by atoms with Gasteiger partial charge in [-0.25, -0.2) is 0 Å². The number of pyridine rings is 1. The van der Waals surface area contributed by atoms with Crippen molar-refractivity contribution >= 4 is 5.91 Å². The molecule has 1 aliphatic heterocycles. The smallest absolute Gasteiger partial charge is 0.251 e. The van der Waals surface area contributed by atoms with Crippen LogP contribution in [0.25, 0.3) is 0 Å². The maximum Gasteiger partial charge on any atom is 0.251 e. The standard InChI is InChI=1S/C13H19N3O2/c1-10(9-16-6-2-3-7-16)15-13(18)11-4-5-14-12(17)8-11/h4-5,8,10H,2-3,6-7,9H2,1H3,(H,14,17)(H,15,18). The SMILES string of the molecule is CC(CN1CCCC1)NC(=O)c1cc[nH]c(=O)c1. The van der Waals surface area contributed by atoms with E-state index >= 15 is 0 Å². The summed E-state index contributed by atoms with van der Waals surface area (Å²) in [5, 5.41) is 2.92. The largest absolute Gasteiger partial charge is 0.348 e. The molecule has 1 amide bonds. The predicted octanol–water partition coefficient (Wildman–Crippen LogP) is 0.589. The van der Waals surface area contributed by atoms with Gasteiger partial charge in [0, 0.05) is 30.4 Å². The van der Waals surface area contributed by atoms with Crippen LogP contribution >= 0.6 is 0 Å². The first-order valence-corrected chi connectivity index (χ1v) is 6.37. The first kappa shape index (κ1) is 12.8. The van der Waals surface area contributed by atoms with Gasteiger partial charge in [0.25, 0.3) is 5.91 Å². The zero-order chi connectivity index (χ0) is 13.0. The molecule has 2 rings (SSSR count). The van der Waals surface area contributed by atoms with Crippen LogP contribution < -0.4 is 10.9 Å². The van der Waals surface area contributed by atoms with E-state index in [0.29, 0.717) is 5.56 Å². The number of aromatic amines is 1. The number of H-pyrrole nitrogens is 1. The lowest BCUT2D eigenvalue weighted by Gasteiger charge is -2.21. The Hall–Kier alpha value is -1.62. The summed E-state index contributed by atoms with van der Waals surface area (Å²) in [5.74, 6) is -0.187. The van der Waals surface area contributed by atoms with Gasteiger partial charge in [0.15, 0.2) is 0 Å². The van der Waals surface area contributed by atoms with E-state index in [9.17, 15) is 9.59 Å². The van der Waals surface area contributed by atoms with Crippen molar-refractivity contribution in [2.45, 2.75) is 25.8 Å². The van der Waals surface area contributed by atoms with Crippen molar-refractivity contribution in [2.24, 2.45) is 0 Å². The van der Waals surface area contributed by atoms with Crippen LogP contribution in [0.2, 0.25) is 0 Å². The van der Waals surface area contributed by atoms with Crippen LogP contribution in [-0.4, -0.2) is 41.5 Å². The molecule has 1 aromatic rings. The maximum absolute atomic E-state index is 11.9. The van der Waals surface area contributed by atoms with Crippen molar-refractivity contribution in [2.75, 3.05) is 19.6 Å². The lowest BCUT2D eigenvalue weighted by atomic mass is 10.2. The van der Waals surface area contributed by atoms with Crippen molar-refractivity contribution in [3.8, 4) is 0 Å². The number of rotatable bonds is 4. The number of carbonyl (C=O) groups excluding carboxylic acids is 1. The lowest BCUT2D eigenvalue weighted by Crippen LogP contribution is -2.41. The number of likely N-dealkylation sites (tertiary alicyclic amines) is 1. The molecule has 0 saturated carbocycles. The molecular weight excluding hydrogens is 230 g/mol. The molecule has 2 heterocycles. The Bertz CT molecular complexity index is 463. The molecule has 5 heteroatoms. The van der Waals surface area contributed by atoms with E-state index in [1.807, 2.05) is 6.92 Å². The van der Waals surface area contributed by atoms with Crippen LogP contribution in [-0.2, 0) is 0 Å². The topological polar surface area (TPSA) is 65.2 Å². The first-order chi connectivity index (χ1) is 8.65. The Morgan fingerprint density at radius 3 is 2.89 bits per heavy atom. The number of nitrogens with one attached hydrogen (secondary N) is 2. The normalized spacial score (nSPS) is 17.6. The van der Waals surface area contributed by atoms with Crippen LogP contribution in [0.1, 0.15) is 30.1 Å². The minimum Gasteiger partial charge on any atom is -0.348 e. The van der Waals surface area contributed by atoms with E-state index in [0.717, 1.165) is 19.6 Å². The van der Waals surface area contributed by atoms with Gasteiger partial charge in [-0.15, -0.1) is 0 Å². The number of nitrogens with zero attached hydrogens (tertiary/aromatic N) is 1. The fourth-order valence-electron chi connectivity index (χ4n) is 2.29. The maximum atomic E-state index is 11.9. The molecule has 5 nitrogen and oxygen atoms in total. The molecule has 0 aliphatic carbocycles. The van der Waals surface area contributed by atoms with Gasteiger partial charge in [0.2, 0.25) is 5.56 Å². The first-order valence-electron chi connectivity index (χ1n) is 6.37. The second-order valence-corrected chi connectivity index (χ2v) is 4.82. The van der Waals surface area contributed by atoms with E-state index in [4.69, 9.17) is 0 Å². The molecule has 0 bridgehead atoms. The highest BCUT2D eigenvalue weighted by Crippen LogP contribution is 2.07. The summed E-state index contributed by atoms with van der Waals surface area (Å²) < 4.78 is 0. The molecule has 18 heavy (non-hydrogen) atoms. The fourth-order valence-corrected chi connectivity index (χ4v) is 2.29. The fraction of sp³-hybridized carbons (Fsp3) is 0.538. The monoisotopic (exact) mass is 249 g/mol. The van der Waals surface area contributed by atoms with E-state index < -0.39 is 0 Å². The molecule has 1 unspecified atom stereocenters. The second kappa shape index (κ2) is 5.82. The Morgan fingerprint density at radius 2 is 2.22 bits per heavy atom. The molecule has 2 N–H and O–H groups in total. The average Bonchev–Trinajstić information content (AvgIpc) is 2.81. The van der Waals surface area contributed by atoms with Gasteiger partial charge >= 0.3 is 0 Å². The summed E-state index contributed by atoms with van der Waals surface area (Å²) in [5.41, 5.74) is 0.155. The van der Waals surface area contributed by atoms with E-state index in [1.54, 1.807) is 6.07 Å². The zero-order valence-electron chi connectivity index (χ0n) is 10.6. The third kappa shape index (κ3) is 3.43. The molecule has 1 aromatic heterocycles. The average molecular weight is 249 g/mol. The van der Waals surface area contributed by atoms with Crippen LogP contribution in [0.5, 0.6) is 0 Å². The predicted molar refractivity (Wildman–Crippen MR) is 69.7 cm³/mol. The van der Waals surface area contributed by atoms with E-state index in [2.05, 4.69) is 15.2 Å². The van der Waals surface area contributed by atoms with Gasteiger partial charge in [-0.3, -0.25) is 9.59 Å². The van der Waals surface area contributed by atoms with E-state index in [-0.39, 0.29) is 17.5 Å². The van der Waals surface area contributed by atoms with Crippen LogP contribution in [0.4, 0.5) is 0 Å². The molecule has 0 radical (unpaired) electrons. The van der Waals surface area contributed by atoms with Crippen molar-refractivity contribution < 1.29 is 4.79 Å². The third-order valence-corrected chi connectivity index (χ3v) is 3.15. The highest BCUT2D eigenvalue weighted by Gasteiger charge is 2.16. The molecule has 0 aromatic carbocycles. The van der Waals surface area contributed by atoms with Crippen LogP contribution in [0, 0.1) is 0 Å². The summed E-state index contributed by atoms with van der Waals surface area (Å²) in [6, 6.07) is 3.02. The van der Waals surface area contributed by atoms with Gasteiger partial charge in [-0.05, 0) is 38.9 Å². The molecule has 1 fully saturated rings. The summed E-state index contributed by atoms with van der Waals surface area (Å²) in [6.07, 6.45) is 3.98. The van der Waals surface area contributed by atoms with Gasteiger partial charge < -0.3 is 15.2 Å². The number of hydrogen-bond acceptors (Lipinski definition) is 3. The van der Waals surface area contributed by atoms with Crippen molar-refractivity contribution in [3.63, 3.8) is 0 Å². The van der Waals surface area contributed by atoms with Gasteiger partial charge in [-0.2, -0.15) is 0 Å². The molecular formula is C13H19N3O2. The minimum atomic E-state index is -0.255. The number of carbonyl (C=O) groups is 1. The zero-order valence-corrected chi connectivity index (χ0v) is 10.6. The Labute approximate surface area is 106 Å². The Morgan fingerprint density at radius 1 is 1.50 bits per heavy atom. The molecule has 1 aliphatic rings. The van der Waals surface area contributed by atoms with Gasteiger partial charge in [0.05, 0.1) is 0 Å². The highest BCUT2D eigenvalue weighted by molar-refractivity contribution is 5.94. The molecule has 0 spiro atoms. The Kier molecular flexibility index (Phi) is 4.15. The van der Waals surface area contributed by atoms with Crippen molar-refractivity contribution in [1.29, 1.82) is 0 Å². The number of amides is 1. The summed E-state index contributed by atoms with van der Waals surface area (Å²) in [4.78, 5) is 27.9. The second-order valence-electron chi connectivity index (χ2n) is 4.82. The number of aromatic nitrogens is 1.